The van der Waals surface area contributed by atoms with Crippen LogP contribution < -0.4 is 11.1 Å². The van der Waals surface area contributed by atoms with Crippen molar-refractivity contribution in [2.45, 2.75) is 12.8 Å². The standard InChI is InChI=1S/C8H10Br2N4O/c9-5-4-12-8(7(10)13-5)14-6(15)2-1-3-11/h4H,1-3,11H2,(H,12,14,15). The molecule has 0 aliphatic rings. The number of carbonyl (C=O) groups is 1. The SMILES string of the molecule is NCCCC(=O)Nc1ncc(Br)nc1Br. The highest BCUT2D eigenvalue weighted by Gasteiger charge is 2.07. The Kier molecular flexibility index (Phi) is 5.13. The van der Waals surface area contributed by atoms with Crippen LogP contribution >= 0.6 is 31.9 Å². The topological polar surface area (TPSA) is 80.9 Å². The zero-order valence-corrected chi connectivity index (χ0v) is 11.0. The lowest BCUT2D eigenvalue weighted by molar-refractivity contribution is -0.116. The van der Waals surface area contributed by atoms with E-state index in [0.717, 1.165) is 0 Å². The number of hydrogen-bond acceptors (Lipinski definition) is 4. The molecule has 82 valence electrons. The van der Waals surface area contributed by atoms with Crippen molar-refractivity contribution >= 4 is 43.6 Å². The Morgan fingerprint density at radius 1 is 1.53 bits per heavy atom. The molecule has 0 bridgehead atoms. The van der Waals surface area contributed by atoms with E-state index < -0.39 is 0 Å². The number of rotatable bonds is 4. The van der Waals surface area contributed by atoms with E-state index in [9.17, 15) is 4.79 Å². The van der Waals surface area contributed by atoms with E-state index in [1.165, 1.54) is 6.20 Å². The molecule has 1 amide bonds. The molecule has 0 unspecified atom stereocenters. The number of nitrogens with zero attached hydrogens (tertiary/aromatic N) is 2. The van der Waals surface area contributed by atoms with Gasteiger partial charge < -0.3 is 11.1 Å². The van der Waals surface area contributed by atoms with Gasteiger partial charge in [-0.15, -0.1) is 0 Å². The lowest BCUT2D eigenvalue weighted by Gasteiger charge is -2.05. The average Bonchev–Trinajstić information content (AvgIpc) is 2.19. The quantitative estimate of drug-likeness (QED) is 0.875. The summed E-state index contributed by atoms with van der Waals surface area (Å²) in [6, 6.07) is 0. The number of hydrogen-bond donors (Lipinski definition) is 2. The maximum atomic E-state index is 11.3. The molecule has 0 aliphatic carbocycles. The Labute approximate surface area is 104 Å². The van der Waals surface area contributed by atoms with Crippen molar-refractivity contribution in [1.82, 2.24) is 9.97 Å². The summed E-state index contributed by atoms with van der Waals surface area (Å²) >= 11 is 6.37. The van der Waals surface area contributed by atoms with Crippen molar-refractivity contribution in [3.8, 4) is 0 Å². The van der Waals surface area contributed by atoms with Crippen LogP contribution in [0.2, 0.25) is 0 Å². The average molecular weight is 338 g/mol. The third kappa shape index (κ3) is 4.23. The van der Waals surface area contributed by atoms with Crippen LogP contribution in [-0.4, -0.2) is 22.4 Å². The van der Waals surface area contributed by atoms with Crippen molar-refractivity contribution in [2.75, 3.05) is 11.9 Å². The van der Waals surface area contributed by atoms with Gasteiger partial charge in [0.2, 0.25) is 5.91 Å². The van der Waals surface area contributed by atoms with Gasteiger partial charge >= 0.3 is 0 Å². The van der Waals surface area contributed by atoms with Crippen LogP contribution in [0.3, 0.4) is 0 Å². The number of halogens is 2. The smallest absolute Gasteiger partial charge is 0.225 e. The summed E-state index contributed by atoms with van der Waals surface area (Å²) in [5.74, 6) is 0.304. The van der Waals surface area contributed by atoms with Crippen LogP contribution in [0.5, 0.6) is 0 Å². The van der Waals surface area contributed by atoms with Gasteiger partial charge in [0, 0.05) is 6.42 Å². The maximum absolute atomic E-state index is 11.3. The van der Waals surface area contributed by atoms with Crippen LogP contribution in [0.4, 0.5) is 5.82 Å². The zero-order valence-electron chi connectivity index (χ0n) is 7.83. The molecule has 1 heterocycles. The Morgan fingerprint density at radius 3 is 2.87 bits per heavy atom. The van der Waals surface area contributed by atoms with Crippen molar-refractivity contribution in [3.63, 3.8) is 0 Å². The minimum atomic E-state index is -0.113. The Balaban J connectivity index is 2.60. The second kappa shape index (κ2) is 6.14. The first kappa shape index (κ1) is 12.5. The van der Waals surface area contributed by atoms with Gasteiger partial charge in [0.05, 0.1) is 6.20 Å². The van der Waals surface area contributed by atoms with E-state index in [0.29, 0.717) is 34.4 Å². The molecule has 0 atom stereocenters. The molecule has 0 saturated carbocycles. The fourth-order valence-electron chi connectivity index (χ4n) is 0.888. The molecule has 0 saturated heterocycles. The normalized spacial score (nSPS) is 10.1. The predicted molar refractivity (Wildman–Crippen MR) is 64.4 cm³/mol. The van der Waals surface area contributed by atoms with Crippen molar-refractivity contribution < 1.29 is 4.79 Å². The fraction of sp³-hybridized carbons (Fsp3) is 0.375. The lowest BCUT2D eigenvalue weighted by Crippen LogP contribution is -2.15. The molecule has 0 radical (unpaired) electrons. The summed E-state index contributed by atoms with van der Waals surface area (Å²) in [6.45, 7) is 0.501. The monoisotopic (exact) mass is 336 g/mol. The summed E-state index contributed by atoms with van der Waals surface area (Å²) in [6.07, 6.45) is 2.57. The van der Waals surface area contributed by atoms with Gasteiger partial charge in [-0.2, -0.15) is 0 Å². The third-order valence-electron chi connectivity index (χ3n) is 1.57. The number of carbonyl (C=O) groups excluding carboxylic acids is 1. The van der Waals surface area contributed by atoms with Crippen molar-refractivity contribution in [2.24, 2.45) is 5.73 Å². The molecule has 5 nitrogen and oxygen atoms in total. The Morgan fingerprint density at radius 2 is 2.27 bits per heavy atom. The van der Waals surface area contributed by atoms with Gasteiger partial charge in [-0.25, -0.2) is 9.97 Å². The third-order valence-corrected chi connectivity index (χ3v) is 2.50. The molecule has 1 rings (SSSR count). The molecule has 0 spiro atoms. The molecule has 15 heavy (non-hydrogen) atoms. The van der Waals surface area contributed by atoms with Crippen molar-refractivity contribution in [1.29, 1.82) is 0 Å². The number of aromatic nitrogens is 2. The molecular weight excluding hydrogens is 328 g/mol. The van der Waals surface area contributed by atoms with Crippen LogP contribution in [-0.2, 0) is 4.79 Å². The van der Waals surface area contributed by atoms with Gasteiger partial charge in [-0.1, -0.05) is 0 Å². The molecule has 0 fully saturated rings. The summed E-state index contributed by atoms with van der Waals surface area (Å²) in [7, 11) is 0. The fourth-order valence-corrected chi connectivity index (χ4v) is 1.80. The molecule has 0 aromatic carbocycles. The zero-order chi connectivity index (χ0) is 11.3. The van der Waals surface area contributed by atoms with Crippen LogP contribution in [0.1, 0.15) is 12.8 Å². The van der Waals surface area contributed by atoms with Gasteiger partial charge in [0.15, 0.2) is 5.82 Å². The molecule has 0 aliphatic heterocycles. The molecule has 1 aromatic rings. The number of nitrogens with one attached hydrogen (secondary N) is 1. The Hall–Kier alpha value is -0.530. The van der Waals surface area contributed by atoms with E-state index in [4.69, 9.17) is 5.73 Å². The minimum Gasteiger partial charge on any atom is -0.330 e. The highest BCUT2D eigenvalue weighted by Crippen LogP contribution is 2.19. The van der Waals surface area contributed by atoms with Crippen LogP contribution in [0.15, 0.2) is 15.4 Å². The van der Waals surface area contributed by atoms with Crippen LogP contribution in [0.25, 0.3) is 0 Å². The van der Waals surface area contributed by atoms with Gasteiger partial charge in [0.25, 0.3) is 0 Å². The minimum absolute atomic E-state index is 0.113. The van der Waals surface area contributed by atoms with E-state index >= 15 is 0 Å². The predicted octanol–water partition coefficient (Wildman–Crippen LogP) is 1.68. The van der Waals surface area contributed by atoms with Gasteiger partial charge in [0.1, 0.15) is 9.21 Å². The van der Waals surface area contributed by atoms with E-state index in [1.54, 1.807) is 0 Å². The summed E-state index contributed by atoms with van der Waals surface area (Å²) in [5.41, 5.74) is 5.30. The first-order valence-electron chi connectivity index (χ1n) is 4.31. The molecule has 1 aromatic heterocycles. The lowest BCUT2D eigenvalue weighted by atomic mass is 10.3. The number of anilines is 1. The van der Waals surface area contributed by atoms with E-state index in [-0.39, 0.29) is 5.91 Å². The largest absolute Gasteiger partial charge is 0.330 e. The highest BCUT2D eigenvalue weighted by atomic mass is 79.9. The first-order chi connectivity index (χ1) is 7.13. The summed E-state index contributed by atoms with van der Waals surface area (Å²) in [5, 5.41) is 2.64. The molecule has 7 heteroatoms. The Bertz CT molecular complexity index is 358. The number of nitrogens with two attached hydrogens (primary N) is 1. The summed E-state index contributed by atoms with van der Waals surface area (Å²) < 4.78 is 1.10. The second-order valence-corrected chi connectivity index (χ2v) is 4.34. The van der Waals surface area contributed by atoms with Gasteiger partial charge in [-0.05, 0) is 44.8 Å². The second-order valence-electron chi connectivity index (χ2n) is 2.77. The molecule has 3 N–H and O–H groups in total. The van der Waals surface area contributed by atoms with E-state index in [1.807, 2.05) is 0 Å². The van der Waals surface area contributed by atoms with Crippen molar-refractivity contribution in [3.05, 3.63) is 15.4 Å². The van der Waals surface area contributed by atoms with Crippen LogP contribution in [0, 0.1) is 0 Å². The number of amides is 1. The molecular formula is C8H10Br2N4O. The van der Waals surface area contributed by atoms with E-state index in [2.05, 4.69) is 47.1 Å². The van der Waals surface area contributed by atoms with Gasteiger partial charge in [-0.3, -0.25) is 4.79 Å². The summed E-state index contributed by atoms with van der Waals surface area (Å²) in [4.78, 5) is 19.4. The highest BCUT2D eigenvalue weighted by molar-refractivity contribution is 9.11. The maximum Gasteiger partial charge on any atom is 0.225 e. The first-order valence-corrected chi connectivity index (χ1v) is 5.90.